The SMILES string of the molecule is CC(=O)N(C)Cc1ccc2oc(C)nc2c1. The van der Waals surface area contributed by atoms with Gasteiger partial charge in [-0.05, 0) is 17.7 Å². The number of fused-ring (bicyclic) bond motifs is 1. The molecule has 1 aromatic heterocycles. The fourth-order valence-corrected chi connectivity index (χ4v) is 1.57. The molecule has 0 aliphatic carbocycles. The summed E-state index contributed by atoms with van der Waals surface area (Å²) in [6.45, 7) is 3.97. The van der Waals surface area contributed by atoms with E-state index in [-0.39, 0.29) is 5.91 Å². The van der Waals surface area contributed by atoms with Gasteiger partial charge in [-0.25, -0.2) is 4.98 Å². The average molecular weight is 218 g/mol. The van der Waals surface area contributed by atoms with E-state index in [1.807, 2.05) is 25.1 Å². The van der Waals surface area contributed by atoms with Crippen LogP contribution in [0.4, 0.5) is 0 Å². The number of carbonyl (C=O) groups is 1. The molecule has 0 fully saturated rings. The molecule has 0 bridgehead atoms. The van der Waals surface area contributed by atoms with Crippen molar-refractivity contribution in [3.05, 3.63) is 29.7 Å². The Morgan fingerprint density at radius 1 is 1.50 bits per heavy atom. The van der Waals surface area contributed by atoms with E-state index in [2.05, 4.69) is 4.98 Å². The minimum absolute atomic E-state index is 0.0523. The molecule has 1 heterocycles. The van der Waals surface area contributed by atoms with E-state index >= 15 is 0 Å². The van der Waals surface area contributed by atoms with Crippen LogP contribution in [0, 0.1) is 6.92 Å². The standard InChI is InChI=1S/C12H14N2O2/c1-8-13-11-6-10(4-5-12(11)16-8)7-14(3)9(2)15/h4-6H,7H2,1-3H3. The van der Waals surface area contributed by atoms with Crippen LogP contribution in [0.25, 0.3) is 11.1 Å². The van der Waals surface area contributed by atoms with E-state index in [4.69, 9.17) is 4.42 Å². The van der Waals surface area contributed by atoms with Crippen molar-refractivity contribution < 1.29 is 9.21 Å². The van der Waals surface area contributed by atoms with Crippen molar-refractivity contribution in [2.45, 2.75) is 20.4 Å². The summed E-state index contributed by atoms with van der Waals surface area (Å²) in [5.74, 6) is 0.712. The lowest BCUT2D eigenvalue weighted by Gasteiger charge is -2.14. The molecule has 2 aromatic rings. The third-order valence-electron chi connectivity index (χ3n) is 2.52. The molecular formula is C12H14N2O2. The quantitative estimate of drug-likeness (QED) is 0.775. The third kappa shape index (κ3) is 2.05. The van der Waals surface area contributed by atoms with Gasteiger partial charge in [-0.15, -0.1) is 0 Å². The van der Waals surface area contributed by atoms with Crippen LogP contribution >= 0.6 is 0 Å². The van der Waals surface area contributed by atoms with Crippen LogP contribution in [0.15, 0.2) is 22.6 Å². The Bertz CT molecular complexity index is 531. The molecule has 0 atom stereocenters. The molecule has 4 nitrogen and oxygen atoms in total. The largest absolute Gasteiger partial charge is 0.441 e. The summed E-state index contributed by atoms with van der Waals surface area (Å²) in [7, 11) is 1.78. The zero-order valence-electron chi connectivity index (χ0n) is 9.65. The topological polar surface area (TPSA) is 46.3 Å². The van der Waals surface area contributed by atoms with E-state index in [0.717, 1.165) is 16.7 Å². The summed E-state index contributed by atoms with van der Waals surface area (Å²) in [5, 5.41) is 0. The van der Waals surface area contributed by atoms with Crippen molar-refractivity contribution in [3.63, 3.8) is 0 Å². The van der Waals surface area contributed by atoms with Crippen LogP contribution in [0.5, 0.6) is 0 Å². The highest BCUT2D eigenvalue weighted by atomic mass is 16.3. The van der Waals surface area contributed by atoms with Gasteiger partial charge >= 0.3 is 0 Å². The molecule has 2 rings (SSSR count). The van der Waals surface area contributed by atoms with E-state index in [0.29, 0.717) is 12.4 Å². The van der Waals surface area contributed by atoms with Gasteiger partial charge in [0, 0.05) is 27.4 Å². The molecule has 1 amide bonds. The molecule has 16 heavy (non-hydrogen) atoms. The molecule has 1 aromatic carbocycles. The number of hydrogen-bond acceptors (Lipinski definition) is 3. The van der Waals surface area contributed by atoms with Crippen LogP contribution < -0.4 is 0 Å². The van der Waals surface area contributed by atoms with Gasteiger partial charge in [0.2, 0.25) is 5.91 Å². The molecule has 0 spiro atoms. The first-order chi connectivity index (χ1) is 7.56. The Morgan fingerprint density at radius 2 is 2.25 bits per heavy atom. The number of benzene rings is 1. The summed E-state index contributed by atoms with van der Waals surface area (Å²) in [6.07, 6.45) is 0. The molecule has 0 aliphatic heterocycles. The maximum Gasteiger partial charge on any atom is 0.219 e. The van der Waals surface area contributed by atoms with Gasteiger partial charge in [0.25, 0.3) is 0 Å². The van der Waals surface area contributed by atoms with Crippen LogP contribution in [0.3, 0.4) is 0 Å². The number of aromatic nitrogens is 1. The predicted octanol–water partition coefficient (Wildman–Crippen LogP) is 2.11. The molecule has 0 unspecified atom stereocenters. The fourth-order valence-electron chi connectivity index (χ4n) is 1.57. The van der Waals surface area contributed by atoms with Crippen molar-refractivity contribution in [3.8, 4) is 0 Å². The molecule has 84 valence electrons. The molecule has 0 radical (unpaired) electrons. The van der Waals surface area contributed by atoms with Crippen LogP contribution in [-0.2, 0) is 11.3 Å². The first-order valence-electron chi connectivity index (χ1n) is 5.14. The number of amides is 1. The summed E-state index contributed by atoms with van der Waals surface area (Å²) in [6, 6.07) is 5.79. The van der Waals surface area contributed by atoms with Crippen molar-refractivity contribution in [2.24, 2.45) is 0 Å². The highest BCUT2D eigenvalue weighted by molar-refractivity contribution is 5.75. The van der Waals surface area contributed by atoms with E-state index in [1.54, 1.807) is 18.9 Å². The average Bonchev–Trinajstić information content (AvgIpc) is 2.57. The second kappa shape index (κ2) is 3.96. The maximum absolute atomic E-state index is 11.1. The van der Waals surface area contributed by atoms with Gasteiger partial charge in [0.15, 0.2) is 11.5 Å². The Balaban J connectivity index is 2.28. The van der Waals surface area contributed by atoms with Crippen molar-refractivity contribution >= 4 is 17.0 Å². The van der Waals surface area contributed by atoms with Crippen LogP contribution in [-0.4, -0.2) is 22.8 Å². The highest BCUT2D eigenvalue weighted by Gasteiger charge is 2.06. The number of oxazole rings is 1. The Hall–Kier alpha value is -1.84. The number of hydrogen-bond donors (Lipinski definition) is 0. The van der Waals surface area contributed by atoms with Gasteiger partial charge in [0.05, 0.1) is 0 Å². The Labute approximate surface area is 93.9 Å². The molecule has 0 aliphatic rings. The number of nitrogens with zero attached hydrogens (tertiary/aromatic N) is 2. The lowest BCUT2D eigenvalue weighted by atomic mass is 10.2. The second-order valence-electron chi connectivity index (χ2n) is 3.91. The van der Waals surface area contributed by atoms with E-state index < -0.39 is 0 Å². The zero-order chi connectivity index (χ0) is 11.7. The zero-order valence-corrected chi connectivity index (χ0v) is 9.65. The summed E-state index contributed by atoms with van der Waals surface area (Å²) < 4.78 is 5.38. The Morgan fingerprint density at radius 3 is 2.94 bits per heavy atom. The third-order valence-corrected chi connectivity index (χ3v) is 2.52. The minimum Gasteiger partial charge on any atom is -0.441 e. The summed E-state index contributed by atoms with van der Waals surface area (Å²) >= 11 is 0. The highest BCUT2D eigenvalue weighted by Crippen LogP contribution is 2.17. The van der Waals surface area contributed by atoms with Crippen LogP contribution in [0.1, 0.15) is 18.4 Å². The van der Waals surface area contributed by atoms with Gasteiger partial charge < -0.3 is 9.32 Å². The normalized spacial score (nSPS) is 10.7. The first kappa shape index (κ1) is 10.7. The van der Waals surface area contributed by atoms with Crippen molar-refractivity contribution in [1.82, 2.24) is 9.88 Å². The number of rotatable bonds is 2. The van der Waals surface area contributed by atoms with E-state index in [1.165, 1.54) is 0 Å². The van der Waals surface area contributed by atoms with Gasteiger partial charge in [-0.3, -0.25) is 4.79 Å². The number of carbonyl (C=O) groups excluding carboxylic acids is 1. The van der Waals surface area contributed by atoms with Crippen molar-refractivity contribution in [2.75, 3.05) is 7.05 Å². The fraction of sp³-hybridized carbons (Fsp3) is 0.333. The van der Waals surface area contributed by atoms with E-state index in [9.17, 15) is 4.79 Å². The van der Waals surface area contributed by atoms with Gasteiger partial charge in [-0.2, -0.15) is 0 Å². The smallest absolute Gasteiger partial charge is 0.219 e. The molecule has 0 N–H and O–H groups in total. The maximum atomic E-state index is 11.1. The number of aryl methyl sites for hydroxylation is 1. The Kier molecular flexibility index (Phi) is 2.64. The van der Waals surface area contributed by atoms with Gasteiger partial charge in [-0.1, -0.05) is 6.07 Å². The minimum atomic E-state index is 0.0523. The second-order valence-corrected chi connectivity index (χ2v) is 3.91. The molecule has 0 saturated heterocycles. The first-order valence-corrected chi connectivity index (χ1v) is 5.14. The summed E-state index contributed by atoms with van der Waals surface area (Å²) in [5.41, 5.74) is 2.68. The van der Waals surface area contributed by atoms with Crippen LogP contribution in [0.2, 0.25) is 0 Å². The molecule has 0 saturated carbocycles. The molecular weight excluding hydrogens is 204 g/mol. The monoisotopic (exact) mass is 218 g/mol. The summed E-state index contributed by atoms with van der Waals surface area (Å²) in [4.78, 5) is 17.0. The molecule has 4 heteroatoms. The predicted molar refractivity (Wildman–Crippen MR) is 60.9 cm³/mol. The lowest BCUT2D eigenvalue weighted by molar-refractivity contribution is -0.128. The van der Waals surface area contributed by atoms with Gasteiger partial charge in [0.1, 0.15) is 5.52 Å². The lowest BCUT2D eigenvalue weighted by Crippen LogP contribution is -2.22. The van der Waals surface area contributed by atoms with Crippen molar-refractivity contribution in [1.29, 1.82) is 0 Å².